The van der Waals surface area contributed by atoms with Crippen molar-refractivity contribution in [1.29, 1.82) is 0 Å². The number of carbonyl (C=O) groups excluding carboxylic acids is 1. The van der Waals surface area contributed by atoms with E-state index in [-0.39, 0.29) is 11.9 Å². The Labute approximate surface area is 231 Å². The highest BCUT2D eigenvalue weighted by Crippen LogP contribution is 2.31. The summed E-state index contributed by atoms with van der Waals surface area (Å²) in [6.07, 6.45) is 7.94. The number of amides is 1. The van der Waals surface area contributed by atoms with E-state index in [1.165, 1.54) is 12.4 Å². The highest BCUT2D eigenvalue weighted by molar-refractivity contribution is 5.88. The molecular weight excluding hydrogens is 506 g/mol. The number of aryl methyl sites for hydroxylation is 2. The molecule has 0 radical (unpaired) electrons. The lowest BCUT2D eigenvalue weighted by Gasteiger charge is -2.31. The molecule has 1 fully saturated rings. The van der Waals surface area contributed by atoms with Crippen LogP contribution in [0.1, 0.15) is 18.4 Å². The highest BCUT2D eigenvalue weighted by atomic mass is 16.5. The van der Waals surface area contributed by atoms with Crippen molar-refractivity contribution >= 4 is 45.4 Å². The number of likely N-dealkylation sites (tertiary alicyclic amines) is 1. The van der Waals surface area contributed by atoms with Gasteiger partial charge < -0.3 is 24.8 Å². The minimum Gasteiger partial charge on any atom is -0.457 e. The Kier molecular flexibility index (Phi) is 6.69. The minimum atomic E-state index is -0.0333. The van der Waals surface area contributed by atoms with Gasteiger partial charge in [-0.2, -0.15) is 0 Å². The van der Waals surface area contributed by atoms with Gasteiger partial charge in [0.2, 0.25) is 11.9 Å². The van der Waals surface area contributed by atoms with Crippen LogP contribution in [0.15, 0.2) is 67.9 Å². The number of hydrogen-bond donors (Lipinski definition) is 2. The van der Waals surface area contributed by atoms with Gasteiger partial charge >= 0.3 is 0 Å². The number of aromatic nitrogens is 6. The van der Waals surface area contributed by atoms with Crippen LogP contribution in [0.25, 0.3) is 22.1 Å². The smallest absolute Gasteiger partial charge is 0.245 e. The summed E-state index contributed by atoms with van der Waals surface area (Å²) in [7, 11) is 1.97. The molecule has 0 atom stereocenters. The topological polar surface area (TPSA) is 123 Å². The van der Waals surface area contributed by atoms with Gasteiger partial charge in [0.15, 0.2) is 5.82 Å². The Balaban J connectivity index is 1.17. The molecular formula is C29H29N9O2. The molecule has 1 aliphatic rings. The maximum Gasteiger partial charge on any atom is 0.245 e. The number of fused-ring (bicyclic) bond motifs is 2. The van der Waals surface area contributed by atoms with Crippen LogP contribution in [0.3, 0.4) is 0 Å². The number of rotatable bonds is 7. The van der Waals surface area contributed by atoms with Crippen molar-refractivity contribution in [3.8, 4) is 11.5 Å². The lowest BCUT2D eigenvalue weighted by atomic mass is 10.1. The van der Waals surface area contributed by atoms with Crippen LogP contribution in [0.2, 0.25) is 0 Å². The van der Waals surface area contributed by atoms with Gasteiger partial charge in [-0.1, -0.05) is 6.58 Å². The van der Waals surface area contributed by atoms with Gasteiger partial charge in [-0.3, -0.25) is 4.79 Å². The van der Waals surface area contributed by atoms with Gasteiger partial charge in [0, 0.05) is 37.9 Å². The summed E-state index contributed by atoms with van der Waals surface area (Å²) in [5, 5.41) is 6.77. The number of hydrogen-bond acceptors (Lipinski definition) is 9. The minimum absolute atomic E-state index is 0.0333. The van der Waals surface area contributed by atoms with Crippen molar-refractivity contribution in [3.63, 3.8) is 0 Å². The number of ether oxygens (including phenoxy) is 1. The summed E-state index contributed by atoms with van der Waals surface area (Å²) in [6.45, 7) is 6.91. The van der Waals surface area contributed by atoms with Gasteiger partial charge in [-0.25, -0.2) is 24.9 Å². The normalized spacial score (nSPS) is 13.9. The molecule has 0 aliphatic carbocycles. The second-order valence-electron chi connectivity index (χ2n) is 9.81. The van der Waals surface area contributed by atoms with Gasteiger partial charge in [-0.15, -0.1) is 0 Å². The molecule has 2 aromatic carbocycles. The fourth-order valence-corrected chi connectivity index (χ4v) is 4.86. The van der Waals surface area contributed by atoms with E-state index in [9.17, 15) is 4.79 Å². The summed E-state index contributed by atoms with van der Waals surface area (Å²) in [5.74, 6) is 2.53. The Morgan fingerprint density at radius 2 is 1.93 bits per heavy atom. The van der Waals surface area contributed by atoms with Gasteiger partial charge in [0.05, 0.1) is 23.6 Å². The van der Waals surface area contributed by atoms with Crippen LogP contribution in [0.5, 0.6) is 11.5 Å². The van der Waals surface area contributed by atoms with Crippen molar-refractivity contribution < 1.29 is 9.53 Å². The highest BCUT2D eigenvalue weighted by Gasteiger charge is 2.22. The number of nitrogens with one attached hydrogen (secondary N) is 2. The number of benzene rings is 2. The monoisotopic (exact) mass is 535 g/mol. The molecule has 5 aromatic rings. The molecule has 1 amide bonds. The number of anilines is 3. The number of imidazole rings is 1. The molecule has 1 saturated heterocycles. The molecule has 3 aromatic heterocycles. The van der Waals surface area contributed by atoms with Crippen LogP contribution in [0.4, 0.5) is 17.5 Å². The van der Waals surface area contributed by atoms with Crippen molar-refractivity contribution in [3.05, 3.63) is 73.5 Å². The van der Waals surface area contributed by atoms with Crippen LogP contribution < -0.4 is 15.4 Å². The Morgan fingerprint density at radius 3 is 2.73 bits per heavy atom. The first-order chi connectivity index (χ1) is 19.5. The molecule has 4 heterocycles. The summed E-state index contributed by atoms with van der Waals surface area (Å²) in [4.78, 5) is 36.0. The van der Waals surface area contributed by atoms with Crippen molar-refractivity contribution in [1.82, 2.24) is 34.4 Å². The third-order valence-corrected chi connectivity index (χ3v) is 7.05. The first-order valence-electron chi connectivity index (χ1n) is 13.1. The number of carbonyl (C=O) groups is 1. The van der Waals surface area contributed by atoms with E-state index in [0.717, 1.165) is 46.6 Å². The third kappa shape index (κ3) is 5.13. The standard InChI is InChI=1S/C29H29N9O2/c1-4-26(39)38-11-9-19(10-12-38)35-29-30-15-23-27(36-29)28(32-16-31-23)34-20-5-8-25(18(2)13-20)40-21-6-7-24-22(14-21)33-17-37(24)3/h4-8,13-17,19H,1,9-12H2,2-3H3,(H,30,35,36)(H,31,32,34). The molecule has 0 unspecified atom stereocenters. The predicted octanol–water partition coefficient (Wildman–Crippen LogP) is 4.74. The fraction of sp³-hybridized carbons (Fsp3) is 0.241. The summed E-state index contributed by atoms with van der Waals surface area (Å²) in [5.41, 5.74) is 4.99. The lowest BCUT2D eigenvalue weighted by molar-refractivity contribution is -0.126. The predicted molar refractivity (Wildman–Crippen MR) is 154 cm³/mol. The molecule has 40 heavy (non-hydrogen) atoms. The second kappa shape index (κ2) is 10.6. The van der Waals surface area contributed by atoms with Crippen LogP contribution >= 0.6 is 0 Å². The maximum atomic E-state index is 11.9. The number of nitrogens with zero attached hydrogens (tertiary/aromatic N) is 7. The Morgan fingerprint density at radius 1 is 1.07 bits per heavy atom. The van der Waals surface area contributed by atoms with E-state index >= 15 is 0 Å². The SMILES string of the molecule is C=CC(=O)N1CCC(Nc2ncc3ncnc(Nc4ccc(Oc5ccc6c(c5)ncn6C)c(C)c4)c3n2)CC1. The van der Waals surface area contributed by atoms with Gasteiger partial charge in [0.25, 0.3) is 0 Å². The zero-order valence-electron chi connectivity index (χ0n) is 22.3. The van der Waals surface area contributed by atoms with E-state index in [2.05, 4.69) is 37.1 Å². The molecule has 0 spiro atoms. The zero-order valence-corrected chi connectivity index (χ0v) is 22.3. The van der Waals surface area contributed by atoms with Crippen molar-refractivity contribution in [2.75, 3.05) is 23.7 Å². The van der Waals surface area contributed by atoms with Crippen molar-refractivity contribution in [2.24, 2.45) is 7.05 Å². The summed E-state index contributed by atoms with van der Waals surface area (Å²) in [6, 6.07) is 11.9. The molecule has 0 saturated carbocycles. The van der Waals surface area contributed by atoms with Gasteiger partial charge in [-0.05, 0) is 61.7 Å². The molecule has 11 nitrogen and oxygen atoms in total. The molecule has 6 rings (SSSR count). The van der Waals surface area contributed by atoms with Gasteiger partial charge in [0.1, 0.15) is 28.9 Å². The molecule has 202 valence electrons. The second-order valence-corrected chi connectivity index (χ2v) is 9.81. The van der Waals surface area contributed by atoms with Crippen LogP contribution in [-0.4, -0.2) is 59.4 Å². The first-order valence-corrected chi connectivity index (χ1v) is 13.1. The van der Waals surface area contributed by atoms with Crippen LogP contribution in [-0.2, 0) is 11.8 Å². The quantitative estimate of drug-likeness (QED) is 0.285. The fourth-order valence-electron chi connectivity index (χ4n) is 4.86. The molecule has 2 N–H and O–H groups in total. The number of piperidine rings is 1. The molecule has 0 bridgehead atoms. The lowest BCUT2D eigenvalue weighted by Crippen LogP contribution is -2.41. The molecule has 11 heteroatoms. The summed E-state index contributed by atoms with van der Waals surface area (Å²) < 4.78 is 8.13. The van der Waals surface area contributed by atoms with E-state index in [1.54, 1.807) is 17.4 Å². The zero-order chi connectivity index (χ0) is 27.6. The maximum absolute atomic E-state index is 11.9. The van der Waals surface area contributed by atoms with E-state index in [4.69, 9.17) is 9.72 Å². The van der Waals surface area contributed by atoms with Crippen molar-refractivity contribution in [2.45, 2.75) is 25.8 Å². The molecule has 1 aliphatic heterocycles. The van der Waals surface area contributed by atoms with E-state index < -0.39 is 0 Å². The average molecular weight is 536 g/mol. The average Bonchev–Trinajstić information content (AvgIpc) is 3.34. The Bertz CT molecular complexity index is 1720. The van der Waals surface area contributed by atoms with E-state index in [1.807, 2.05) is 54.9 Å². The van der Waals surface area contributed by atoms with E-state index in [0.29, 0.717) is 35.9 Å². The van der Waals surface area contributed by atoms with Crippen LogP contribution in [0, 0.1) is 6.92 Å². The first kappa shape index (κ1) is 25.2. The Hall–Kier alpha value is -5.06. The summed E-state index contributed by atoms with van der Waals surface area (Å²) >= 11 is 0. The largest absolute Gasteiger partial charge is 0.457 e. The third-order valence-electron chi connectivity index (χ3n) is 7.05.